The first kappa shape index (κ1) is 11.5. The van der Waals surface area contributed by atoms with Crippen LogP contribution in [-0.4, -0.2) is 17.9 Å². The minimum absolute atomic E-state index is 0.237. The molecule has 0 aliphatic heterocycles. The van der Waals surface area contributed by atoms with Gasteiger partial charge in [0.25, 0.3) is 0 Å². The predicted octanol–water partition coefficient (Wildman–Crippen LogP) is 3.07. The van der Waals surface area contributed by atoms with Gasteiger partial charge in [-0.2, -0.15) is 0 Å². The van der Waals surface area contributed by atoms with E-state index >= 15 is 0 Å². The fourth-order valence-electron chi connectivity index (χ4n) is 1.93. The van der Waals surface area contributed by atoms with Gasteiger partial charge in [-0.25, -0.2) is 0 Å². The number of rotatable bonds is 3. The maximum atomic E-state index is 12.2. The molecule has 0 unspecified atom stereocenters. The summed E-state index contributed by atoms with van der Waals surface area (Å²) < 4.78 is 10.8. The van der Waals surface area contributed by atoms with Crippen molar-refractivity contribution in [2.45, 2.75) is 0 Å². The van der Waals surface area contributed by atoms with Gasteiger partial charge in [-0.05, 0) is 24.3 Å². The number of nitrogens with zero attached hydrogens (tertiary/aromatic N) is 1. The summed E-state index contributed by atoms with van der Waals surface area (Å²) in [6.07, 6.45) is 1.58. The van der Waals surface area contributed by atoms with Crippen molar-refractivity contribution in [3.8, 4) is 5.75 Å². The minimum atomic E-state index is -0.237. The van der Waals surface area contributed by atoms with E-state index in [1.807, 2.05) is 12.1 Å². The van der Waals surface area contributed by atoms with E-state index in [1.165, 1.54) is 0 Å². The quantitative estimate of drug-likeness (QED) is 0.673. The van der Waals surface area contributed by atoms with Gasteiger partial charge >= 0.3 is 0 Å². The smallest absolute Gasteiger partial charge is 0.246 e. The second-order valence-corrected chi connectivity index (χ2v) is 4.03. The van der Waals surface area contributed by atoms with Gasteiger partial charge in [0.05, 0.1) is 7.11 Å². The third-order valence-corrected chi connectivity index (χ3v) is 2.85. The van der Waals surface area contributed by atoms with Gasteiger partial charge in [-0.3, -0.25) is 9.78 Å². The van der Waals surface area contributed by atoms with Crippen LogP contribution in [0.25, 0.3) is 11.0 Å². The molecular formula is C15H11NO3. The first-order valence-corrected chi connectivity index (χ1v) is 5.82. The van der Waals surface area contributed by atoms with Gasteiger partial charge in [-0.1, -0.05) is 18.2 Å². The highest BCUT2D eigenvalue weighted by Gasteiger charge is 2.17. The molecule has 0 bridgehead atoms. The number of methoxy groups -OCH3 is 1. The van der Waals surface area contributed by atoms with E-state index in [0.29, 0.717) is 17.0 Å². The Balaban J connectivity index is 2.09. The number of carbonyl (C=O) groups excluding carboxylic acids is 1. The number of ketones is 1. The van der Waals surface area contributed by atoms with Crippen molar-refractivity contribution in [3.63, 3.8) is 0 Å². The van der Waals surface area contributed by atoms with E-state index in [2.05, 4.69) is 4.98 Å². The van der Waals surface area contributed by atoms with Gasteiger partial charge in [-0.15, -0.1) is 0 Å². The number of para-hydroxylation sites is 1. The van der Waals surface area contributed by atoms with E-state index in [-0.39, 0.29) is 11.5 Å². The molecule has 3 rings (SSSR count). The van der Waals surface area contributed by atoms with Crippen molar-refractivity contribution in [2.24, 2.45) is 0 Å². The third-order valence-electron chi connectivity index (χ3n) is 2.85. The first-order valence-electron chi connectivity index (χ1n) is 5.82. The molecule has 1 aromatic carbocycles. The maximum Gasteiger partial charge on any atom is 0.246 e. The number of aromatic nitrogens is 1. The molecule has 0 saturated heterocycles. The first-order chi connectivity index (χ1) is 9.29. The number of benzene rings is 1. The number of furan rings is 1. The summed E-state index contributed by atoms with van der Waals surface area (Å²) in [5, 5.41) is 0.832. The van der Waals surface area contributed by atoms with Gasteiger partial charge in [0.15, 0.2) is 17.1 Å². The lowest BCUT2D eigenvalue weighted by Gasteiger charge is -1.98. The highest BCUT2D eigenvalue weighted by molar-refractivity contribution is 6.08. The van der Waals surface area contributed by atoms with Crippen LogP contribution in [0.5, 0.6) is 5.75 Å². The molecule has 4 heteroatoms. The average molecular weight is 253 g/mol. The normalized spacial score (nSPS) is 10.6. The summed E-state index contributed by atoms with van der Waals surface area (Å²) in [5.41, 5.74) is 0.935. The molecule has 0 amide bonds. The van der Waals surface area contributed by atoms with Crippen molar-refractivity contribution < 1.29 is 13.9 Å². The SMILES string of the molecule is COc1cccc2cc(C(=O)c3ccccn3)oc12. The van der Waals surface area contributed by atoms with Crippen LogP contribution in [0.4, 0.5) is 0 Å². The molecule has 4 nitrogen and oxygen atoms in total. The molecule has 0 radical (unpaired) electrons. The molecule has 0 aliphatic rings. The maximum absolute atomic E-state index is 12.2. The molecule has 2 heterocycles. The summed E-state index contributed by atoms with van der Waals surface area (Å²) in [7, 11) is 1.57. The van der Waals surface area contributed by atoms with Crippen LogP contribution in [0.3, 0.4) is 0 Å². The molecule has 19 heavy (non-hydrogen) atoms. The summed E-state index contributed by atoms with van der Waals surface area (Å²) >= 11 is 0. The predicted molar refractivity (Wildman–Crippen MR) is 70.4 cm³/mol. The number of hydrogen-bond acceptors (Lipinski definition) is 4. The summed E-state index contributed by atoms with van der Waals surface area (Å²) in [6, 6.07) is 12.4. The number of ether oxygens (including phenoxy) is 1. The third kappa shape index (κ3) is 1.97. The summed E-state index contributed by atoms with van der Waals surface area (Å²) in [4.78, 5) is 16.2. The highest BCUT2D eigenvalue weighted by atomic mass is 16.5. The fourth-order valence-corrected chi connectivity index (χ4v) is 1.93. The Bertz CT molecular complexity index is 731. The van der Waals surface area contributed by atoms with Crippen molar-refractivity contribution in [2.75, 3.05) is 7.11 Å². The number of hydrogen-bond donors (Lipinski definition) is 0. The van der Waals surface area contributed by atoms with Crippen LogP contribution in [0, 0.1) is 0 Å². The topological polar surface area (TPSA) is 52.3 Å². The monoisotopic (exact) mass is 253 g/mol. The number of fused-ring (bicyclic) bond motifs is 1. The Hall–Kier alpha value is -2.62. The number of carbonyl (C=O) groups is 1. The largest absolute Gasteiger partial charge is 0.493 e. The van der Waals surface area contributed by atoms with E-state index in [1.54, 1.807) is 43.6 Å². The second-order valence-electron chi connectivity index (χ2n) is 4.03. The lowest BCUT2D eigenvalue weighted by atomic mass is 10.2. The Morgan fingerprint density at radius 3 is 2.84 bits per heavy atom. The highest BCUT2D eigenvalue weighted by Crippen LogP contribution is 2.29. The minimum Gasteiger partial charge on any atom is -0.493 e. The lowest BCUT2D eigenvalue weighted by Crippen LogP contribution is -2.01. The average Bonchev–Trinajstić information content (AvgIpc) is 2.91. The fraction of sp³-hybridized carbons (Fsp3) is 0.0667. The summed E-state index contributed by atoms with van der Waals surface area (Å²) in [5.74, 6) is 0.634. The van der Waals surface area contributed by atoms with E-state index in [9.17, 15) is 4.79 Å². The Kier molecular flexibility index (Phi) is 2.76. The second kappa shape index (κ2) is 4.57. The van der Waals surface area contributed by atoms with Gasteiger partial charge in [0.1, 0.15) is 5.69 Å². The van der Waals surface area contributed by atoms with Crippen LogP contribution in [0.1, 0.15) is 16.2 Å². The van der Waals surface area contributed by atoms with Gasteiger partial charge < -0.3 is 9.15 Å². The molecule has 94 valence electrons. The van der Waals surface area contributed by atoms with Crippen molar-refractivity contribution in [1.82, 2.24) is 4.98 Å². The standard InChI is InChI=1S/C15H11NO3/c1-18-12-7-4-5-10-9-13(19-15(10)12)14(17)11-6-2-3-8-16-11/h2-9H,1H3. The Morgan fingerprint density at radius 2 is 2.11 bits per heavy atom. The molecule has 0 aliphatic carbocycles. The zero-order valence-corrected chi connectivity index (χ0v) is 10.3. The van der Waals surface area contributed by atoms with Crippen molar-refractivity contribution in [1.29, 1.82) is 0 Å². The molecular weight excluding hydrogens is 242 g/mol. The van der Waals surface area contributed by atoms with Gasteiger partial charge in [0.2, 0.25) is 5.78 Å². The Morgan fingerprint density at radius 1 is 1.21 bits per heavy atom. The molecule has 2 aromatic heterocycles. The Labute approximate surface area is 109 Å². The summed E-state index contributed by atoms with van der Waals surface area (Å²) in [6.45, 7) is 0. The van der Waals surface area contributed by atoms with Crippen LogP contribution in [0.2, 0.25) is 0 Å². The molecule has 3 aromatic rings. The van der Waals surface area contributed by atoms with Crippen LogP contribution < -0.4 is 4.74 Å². The van der Waals surface area contributed by atoms with E-state index in [0.717, 1.165) is 5.39 Å². The van der Waals surface area contributed by atoms with Crippen LogP contribution >= 0.6 is 0 Å². The number of pyridine rings is 1. The van der Waals surface area contributed by atoms with E-state index in [4.69, 9.17) is 9.15 Å². The molecule has 0 N–H and O–H groups in total. The molecule has 0 fully saturated rings. The van der Waals surface area contributed by atoms with Crippen molar-refractivity contribution >= 4 is 16.8 Å². The zero-order chi connectivity index (χ0) is 13.2. The molecule has 0 saturated carbocycles. The lowest BCUT2D eigenvalue weighted by molar-refractivity contribution is 0.101. The van der Waals surface area contributed by atoms with E-state index < -0.39 is 0 Å². The van der Waals surface area contributed by atoms with Gasteiger partial charge in [0, 0.05) is 11.6 Å². The molecule has 0 spiro atoms. The van der Waals surface area contributed by atoms with Crippen molar-refractivity contribution in [3.05, 3.63) is 60.1 Å². The van der Waals surface area contributed by atoms with Crippen LogP contribution in [0.15, 0.2) is 53.1 Å². The zero-order valence-electron chi connectivity index (χ0n) is 10.3. The molecule has 0 atom stereocenters. The van der Waals surface area contributed by atoms with Crippen LogP contribution in [-0.2, 0) is 0 Å².